The minimum Gasteiger partial charge on any atom is -0.497 e. The van der Waals surface area contributed by atoms with Crippen molar-refractivity contribution in [2.24, 2.45) is 0 Å². The van der Waals surface area contributed by atoms with Crippen molar-refractivity contribution in [1.82, 2.24) is 14.2 Å². The van der Waals surface area contributed by atoms with Crippen molar-refractivity contribution < 1.29 is 9.84 Å². The highest BCUT2D eigenvalue weighted by Crippen LogP contribution is 2.22. The molecular weight excluding hydrogens is 366 g/mol. The highest BCUT2D eigenvalue weighted by Gasteiger charge is 2.13. The Kier molecular flexibility index (Phi) is 4.94. The summed E-state index contributed by atoms with van der Waals surface area (Å²) >= 11 is 0. The minimum atomic E-state index is -0.803. The van der Waals surface area contributed by atoms with Crippen molar-refractivity contribution in [2.75, 3.05) is 7.11 Å². The van der Waals surface area contributed by atoms with Gasteiger partial charge in [0, 0.05) is 18.0 Å². The zero-order valence-corrected chi connectivity index (χ0v) is 16.7. The van der Waals surface area contributed by atoms with Gasteiger partial charge in [-0.3, -0.25) is 4.79 Å². The van der Waals surface area contributed by atoms with Crippen molar-refractivity contribution in [3.05, 3.63) is 88.0 Å². The van der Waals surface area contributed by atoms with E-state index >= 15 is 0 Å². The molecule has 6 nitrogen and oxygen atoms in total. The molecule has 2 aromatic carbocycles. The zero-order valence-electron chi connectivity index (χ0n) is 16.7. The molecule has 0 aliphatic carbocycles. The lowest BCUT2D eigenvalue weighted by Crippen LogP contribution is -2.24. The summed E-state index contributed by atoms with van der Waals surface area (Å²) in [5, 5.41) is 15.1. The third-order valence-corrected chi connectivity index (χ3v) is 5.28. The van der Waals surface area contributed by atoms with Gasteiger partial charge >= 0.3 is 0 Å². The number of nitrogens with zero attached hydrogens (tertiary/aromatic N) is 3. The molecular formula is C23H23N3O3. The first-order valence-electron chi connectivity index (χ1n) is 9.45. The molecule has 0 spiro atoms. The monoisotopic (exact) mass is 389 g/mol. The summed E-state index contributed by atoms with van der Waals surface area (Å²) in [6.45, 7) is 4.28. The molecule has 0 amide bonds. The lowest BCUT2D eigenvalue weighted by molar-refractivity contribution is 0.155. The summed E-state index contributed by atoms with van der Waals surface area (Å²) in [6.07, 6.45) is 2.59. The average molecular weight is 389 g/mol. The minimum absolute atomic E-state index is 0.159. The number of aromatic nitrogens is 3. The van der Waals surface area contributed by atoms with Crippen molar-refractivity contribution in [2.45, 2.75) is 26.5 Å². The van der Waals surface area contributed by atoms with Gasteiger partial charge in [-0.1, -0.05) is 24.3 Å². The van der Waals surface area contributed by atoms with Crippen LogP contribution < -0.4 is 10.3 Å². The second kappa shape index (κ2) is 7.56. The molecule has 4 rings (SSSR count). The van der Waals surface area contributed by atoms with E-state index in [-0.39, 0.29) is 12.1 Å². The maximum absolute atomic E-state index is 12.9. The van der Waals surface area contributed by atoms with Crippen LogP contribution in [0.1, 0.15) is 22.8 Å². The Hall–Kier alpha value is -3.38. The predicted molar refractivity (Wildman–Crippen MR) is 112 cm³/mol. The molecule has 2 heterocycles. The van der Waals surface area contributed by atoms with Crippen LogP contribution in [0.25, 0.3) is 16.8 Å². The molecule has 148 valence electrons. The van der Waals surface area contributed by atoms with Crippen LogP contribution in [-0.2, 0) is 6.54 Å². The van der Waals surface area contributed by atoms with Crippen LogP contribution in [0.2, 0.25) is 0 Å². The maximum atomic E-state index is 12.9. The van der Waals surface area contributed by atoms with E-state index < -0.39 is 6.10 Å². The Morgan fingerprint density at radius 1 is 1.03 bits per heavy atom. The highest BCUT2D eigenvalue weighted by molar-refractivity contribution is 5.66. The Balaban J connectivity index is 1.65. The molecule has 0 radical (unpaired) electrons. The summed E-state index contributed by atoms with van der Waals surface area (Å²) in [5.41, 5.74) is 5.12. The fraction of sp³-hybridized carbons (Fsp3) is 0.217. The lowest BCUT2D eigenvalue weighted by Gasteiger charge is -2.13. The Morgan fingerprint density at radius 2 is 1.79 bits per heavy atom. The van der Waals surface area contributed by atoms with E-state index in [1.54, 1.807) is 54.4 Å². The van der Waals surface area contributed by atoms with E-state index in [9.17, 15) is 9.90 Å². The number of fused-ring (bicyclic) bond motifs is 1. The quantitative estimate of drug-likeness (QED) is 0.567. The van der Waals surface area contributed by atoms with Gasteiger partial charge in [-0.2, -0.15) is 5.10 Å². The molecule has 6 heteroatoms. The number of methoxy groups -OCH3 is 1. The molecule has 4 aromatic rings. The number of aliphatic hydroxyl groups excluding tert-OH is 1. The highest BCUT2D eigenvalue weighted by atomic mass is 16.5. The number of hydrogen-bond donors (Lipinski definition) is 1. The predicted octanol–water partition coefficient (Wildman–Crippen LogP) is 3.52. The van der Waals surface area contributed by atoms with Gasteiger partial charge in [-0.05, 0) is 54.8 Å². The van der Waals surface area contributed by atoms with E-state index in [0.29, 0.717) is 5.52 Å². The van der Waals surface area contributed by atoms with Gasteiger partial charge in [0.1, 0.15) is 11.3 Å². The summed E-state index contributed by atoms with van der Waals surface area (Å²) in [4.78, 5) is 12.9. The molecule has 0 bridgehead atoms. The maximum Gasteiger partial charge on any atom is 0.276 e. The van der Waals surface area contributed by atoms with E-state index in [1.807, 2.05) is 6.07 Å². The second-order valence-electron chi connectivity index (χ2n) is 7.20. The van der Waals surface area contributed by atoms with E-state index in [1.165, 1.54) is 15.7 Å². The largest absolute Gasteiger partial charge is 0.497 e. The third kappa shape index (κ3) is 3.67. The Bertz CT molecular complexity index is 1220. The van der Waals surface area contributed by atoms with Crippen molar-refractivity contribution in [1.29, 1.82) is 0 Å². The van der Waals surface area contributed by atoms with Crippen LogP contribution in [0.15, 0.2) is 65.7 Å². The van der Waals surface area contributed by atoms with E-state index in [2.05, 4.69) is 31.1 Å². The van der Waals surface area contributed by atoms with Crippen molar-refractivity contribution in [3.63, 3.8) is 0 Å². The van der Waals surface area contributed by atoms with E-state index in [4.69, 9.17) is 4.74 Å². The fourth-order valence-electron chi connectivity index (χ4n) is 3.33. The smallest absolute Gasteiger partial charge is 0.276 e. The van der Waals surface area contributed by atoms with Gasteiger partial charge in [0.05, 0.1) is 25.5 Å². The van der Waals surface area contributed by atoms with Gasteiger partial charge in [-0.15, -0.1) is 0 Å². The van der Waals surface area contributed by atoms with E-state index in [0.717, 1.165) is 22.6 Å². The Labute approximate surface area is 168 Å². The first kappa shape index (κ1) is 19.0. The number of hydrogen-bond acceptors (Lipinski definition) is 4. The van der Waals surface area contributed by atoms with Gasteiger partial charge < -0.3 is 14.4 Å². The first-order valence-corrected chi connectivity index (χ1v) is 9.45. The molecule has 1 N–H and O–H groups in total. The first-order chi connectivity index (χ1) is 14.0. The fourth-order valence-corrected chi connectivity index (χ4v) is 3.33. The molecule has 2 aromatic heterocycles. The number of aryl methyl sites for hydroxylation is 2. The third-order valence-electron chi connectivity index (χ3n) is 5.28. The van der Waals surface area contributed by atoms with Gasteiger partial charge in [0.25, 0.3) is 5.56 Å². The summed E-state index contributed by atoms with van der Waals surface area (Å²) in [5.74, 6) is 0.720. The van der Waals surface area contributed by atoms with Gasteiger partial charge in [-0.25, -0.2) is 4.52 Å². The Morgan fingerprint density at radius 3 is 2.48 bits per heavy atom. The molecule has 0 aliphatic heterocycles. The van der Waals surface area contributed by atoms with Crippen LogP contribution in [0, 0.1) is 13.8 Å². The summed E-state index contributed by atoms with van der Waals surface area (Å²) in [7, 11) is 1.60. The van der Waals surface area contributed by atoms with Crippen LogP contribution in [0.3, 0.4) is 0 Å². The zero-order chi connectivity index (χ0) is 20.5. The van der Waals surface area contributed by atoms with Crippen molar-refractivity contribution in [3.8, 4) is 17.0 Å². The topological polar surface area (TPSA) is 68.8 Å². The lowest BCUT2D eigenvalue weighted by atomic mass is 10.0. The average Bonchev–Trinajstić information content (AvgIpc) is 3.17. The van der Waals surface area contributed by atoms with Crippen LogP contribution in [0.4, 0.5) is 0 Å². The summed E-state index contributed by atoms with van der Waals surface area (Å²) in [6, 6.07) is 15.1. The number of ether oxygens (including phenoxy) is 1. The molecule has 0 saturated carbocycles. The molecule has 1 atom stereocenters. The molecule has 0 unspecified atom stereocenters. The standard InChI is InChI=1S/C23H23N3O3/c1-15-4-5-18(12-16(15)2)20-13-21-23(28)25(10-11-26(21)24-20)14-22(27)17-6-8-19(29-3)9-7-17/h4-13,22,27H,14H2,1-3H3/t22-/m0/s1. The normalized spacial score (nSPS) is 12.3. The molecule has 0 aliphatic rings. The van der Waals surface area contributed by atoms with Crippen LogP contribution in [-0.4, -0.2) is 26.4 Å². The van der Waals surface area contributed by atoms with Crippen molar-refractivity contribution >= 4 is 5.52 Å². The molecule has 0 saturated heterocycles. The molecule has 29 heavy (non-hydrogen) atoms. The van der Waals surface area contributed by atoms with Gasteiger partial charge in [0.15, 0.2) is 0 Å². The number of rotatable bonds is 5. The SMILES string of the molecule is COc1ccc([C@@H](O)Cn2ccn3nc(-c4ccc(C)c(C)c4)cc3c2=O)cc1. The summed E-state index contributed by atoms with van der Waals surface area (Å²) < 4.78 is 8.24. The van der Waals surface area contributed by atoms with Gasteiger partial charge in [0.2, 0.25) is 0 Å². The number of benzene rings is 2. The number of aliphatic hydroxyl groups is 1. The second-order valence-corrected chi connectivity index (χ2v) is 7.20. The van der Waals surface area contributed by atoms with Crippen LogP contribution in [0.5, 0.6) is 5.75 Å². The molecule has 0 fully saturated rings. The van der Waals surface area contributed by atoms with Crippen LogP contribution >= 0.6 is 0 Å².